The minimum Gasteiger partial charge on any atom is -0.444 e. The molecule has 0 aromatic rings. The van der Waals surface area contributed by atoms with Gasteiger partial charge >= 0.3 is 12.2 Å². The molecule has 216 valence electrons. The molecule has 0 bridgehead atoms. The lowest BCUT2D eigenvalue weighted by atomic mass is 10.1. The summed E-state index contributed by atoms with van der Waals surface area (Å²) in [7, 11) is 0. The second-order valence-corrected chi connectivity index (χ2v) is 12.3. The number of alkyl carbamates (subject to hydrolysis) is 1. The van der Waals surface area contributed by atoms with Crippen LogP contribution in [0.2, 0.25) is 0 Å². The molecule has 37 heavy (non-hydrogen) atoms. The summed E-state index contributed by atoms with van der Waals surface area (Å²) in [5, 5.41) is 2.78. The summed E-state index contributed by atoms with van der Waals surface area (Å²) in [6, 6.07) is 0. The summed E-state index contributed by atoms with van der Waals surface area (Å²) in [5.74, 6) is 0. The van der Waals surface area contributed by atoms with Gasteiger partial charge in [-0.3, -0.25) is 0 Å². The average Bonchev–Trinajstić information content (AvgIpc) is 2.78. The number of nitrogens with zero attached hydrogens (tertiary/aromatic N) is 2. The van der Waals surface area contributed by atoms with Crippen LogP contribution < -0.4 is 5.32 Å². The number of hydrogen-bond donors (Lipinski definition) is 1. The lowest BCUT2D eigenvalue weighted by molar-refractivity contribution is 0.0240. The first-order valence-corrected chi connectivity index (χ1v) is 14.8. The third-order valence-electron chi connectivity index (χ3n) is 6.18. The summed E-state index contributed by atoms with van der Waals surface area (Å²) >= 11 is 0. The predicted molar refractivity (Wildman–Crippen MR) is 153 cm³/mol. The van der Waals surface area contributed by atoms with Gasteiger partial charge in [-0.25, -0.2) is 9.59 Å². The molecule has 1 aliphatic heterocycles. The van der Waals surface area contributed by atoms with Crippen molar-refractivity contribution < 1.29 is 19.1 Å². The van der Waals surface area contributed by atoms with Gasteiger partial charge < -0.3 is 24.6 Å². The van der Waals surface area contributed by atoms with Gasteiger partial charge in [0.05, 0.1) is 0 Å². The van der Waals surface area contributed by atoms with Crippen LogP contribution in [-0.4, -0.2) is 72.5 Å². The van der Waals surface area contributed by atoms with Crippen molar-refractivity contribution in [2.75, 3.05) is 39.3 Å². The molecule has 1 rings (SSSR count). The van der Waals surface area contributed by atoms with E-state index in [1.54, 1.807) is 4.90 Å². The van der Waals surface area contributed by atoms with Crippen molar-refractivity contribution in [3.05, 3.63) is 12.2 Å². The Morgan fingerprint density at radius 3 is 1.86 bits per heavy atom. The predicted octanol–water partition coefficient (Wildman–Crippen LogP) is 7.30. The molecular weight excluding hydrogens is 466 g/mol. The zero-order valence-electron chi connectivity index (χ0n) is 24.9. The smallest absolute Gasteiger partial charge is 0.410 e. The standard InChI is InChI=1S/C30H57N3O4/c1-29(2,3)36-27(34)31-21-19-25-33(28(35)37-30(4,5)6)26-20-24-32-22-17-15-13-11-9-7-8-10-12-14-16-18-23-32/h7,9H,8,10-26H2,1-6H3,(H,31,34)/b9-7+. The number of amides is 2. The number of ether oxygens (including phenoxy) is 2. The van der Waals surface area contributed by atoms with Gasteiger partial charge in [-0.1, -0.05) is 37.8 Å². The molecule has 0 aliphatic carbocycles. The molecule has 0 radical (unpaired) electrons. The SMILES string of the molecule is CC(C)(C)OC(=O)NCCCN(CCCN1CCCCC/C=C/CCCCCCC1)C(=O)OC(C)(C)C. The van der Waals surface area contributed by atoms with Gasteiger partial charge in [0, 0.05) is 19.6 Å². The molecule has 0 unspecified atom stereocenters. The molecule has 1 N–H and O–H groups in total. The number of nitrogens with one attached hydrogen (secondary N) is 1. The maximum absolute atomic E-state index is 12.9. The fourth-order valence-corrected chi connectivity index (χ4v) is 4.35. The summed E-state index contributed by atoms with van der Waals surface area (Å²) in [6.07, 6.45) is 18.3. The molecule has 7 heteroatoms. The zero-order valence-corrected chi connectivity index (χ0v) is 24.9. The maximum Gasteiger partial charge on any atom is 0.410 e. The van der Waals surface area contributed by atoms with E-state index in [-0.39, 0.29) is 6.09 Å². The van der Waals surface area contributed by atoms with Gasteiger partial charge in [0.2, 0.25) is 0 Å². The fourth-order valence-electron chi connectivity index (χ4n) is 4.35. The Kier molecular flexibility index (Phi) is 16.6. The largest absolute Gasteiger partial charge is 0.444 e. The van der Waals surface area contributed by atoms with E-state index in [4.69, 9.17) is 9.47 Å². The first-order valence-electron chi connectivity index (χ1n) is 14.8. The topological polar surface area (TPSA) is 71.1 Å². The van der Waals surface area contributed by atoms with Crippen LogP contribution in [0.4, 0.5) is 9.59 Å². The minimum atomic E-state index is -0.535. The first-order chi connectivity index (χ1) is 17.5. The molecule has 7 nitrogen and oxygen atoms in total. The number of rotatable bonds is 8. The Bertz CT molecular complexity index is 652. The highest BCUT2D eigenvalue weighted by molar-refractivity contribution is 5.68. The molecule has 1 aliphatic rings. The molecular formula is C30H57N3O4. The molecule has 0 saturated carbocycles. The van der Waals surface area contributed by atoms with E-state index in [0.29, 0.717) is 26.1 Å². The van der Waals surface area contributed by atoms with Crippen LogP contribution in [0.25, 0.3) is 0 Å². The van der Waals surface area contributed by atoms with E-state index in [1.807, 2.05) is 41.5 Å². The molecule has 2 amide bonds. The van der Waals surface area contributed by atoms with E-state index >= 15 is 0 Å². The number of allylic oxidation sites excluding steroid dienone is 2. The van der Waals surface area contributed by atoms with Crippen molar-refractivity contribution in [3.8, 4) is 0 Å². The lowest BCUT2D eigenvalue weighted by Crippen LogP contribution is -2.40. The zero-order chi connectivity index (χ0) is 27.6. The molecule has 0 saturated heterocycles. The Morgan fingerprint density at radius 1 is 0.757 bits per heavy atom. The van der Waals surface area contributed by atoms with Gasteiger partial charge in [0.15, 0.2) is 0 Å². The van der Waals surface area contributed by atoms with Crippen LogP contribution in [0.5, 0.6) is 0 Å². The van der Waals surface area contributed by atoms with Crippen molar-refractivity contribution >= 4 is 12.2 Å². The van der Waals surface area contributed by atoms with Crippen LogP contribution in [0.3, 0.4) is 0 Å². The van der Waals surface area contributed by atoms with Crippen molar-refractivity contribution in [1.82, 2.24) is 15.1 Å². The Balaban J connectivity index is 2.55. The quantitative estimate of drug-likeness (QED) is 0.267. The van der Waals surface area contributed by atoms with Gasteiger partial charge in [-0.2, -0.15) is 0 Å². The number of carbonyl (C=O) groups is 2. The van der Waals surface area contributed by atoms with Gasteiger partial charge in [-0.15, -0.1) is 0 Å². The first kappa shape index (κ1) is 33.3. The summed E-state index contributed by atoms with van der Waals surface area (Å²) < 4.78 is 11.0. The Hall–Kier alpha value is -1.76. The third kappa shape index (κ3) is 19.9. The van der Waals surface area contributed by atoms with Crippen LogP contribution in [0.1, 0.15) is 119 Å². The van der Waals surface area contributed by atoms with Crippen molar-refractivity contribution in [1.29, 1.82) is 0 Å². The minimum absolute atomic E-state index is 0.283. The third-order valence-corrected chi connectivity index (χ3v) is 6.18. The van der Waals surface area contributed by atoms with Crippen molar-refractivity contribution in [3.63, 3.8) is 0 Å². The van der Waals surface area contributed by atoms with E-state index in [1.165, 1.54) is 64.2 Å². The maximum atomic E-state index is 12.9. The van der Waals surface area contributed by atoms with E-state index in [2.05, 4.69) is 22.4 Å². The van der Waals surface area contributed by atoms with Crippen LogP contribution >= 0.6 is 0 Å². The van der Waals surface area contributed by atoms with E-state index in [0.717, 1.165) is 26.1 Å². The number of hydrogen-bond acceptors (Lipinski definition) is 5. The van der Waals surface area contributed by atoms with E-state index < -0.39 is 17.3 Å². The molecule has 0 aromatic carbocycles. The summed E-state index contributed by atoms with van der Waals surface area (Å²) in [4.78, 5) is 29.2. The normalized spacial score (nSPS) is 18.2. The van der Waals surface area contributed by atoms with Crippen molar-refractivity contribution in [2.45, 2.75) is 130 Å². The monoisotopic (exact) mass is 523 g/mol. The molecule has 1 heterocycles. The second kappa shape index (κ2) is 18.5. The summed E-state index contributed by atoms with van der Waals surface area (Å²) in [5.41, 5.74) is -1.06. The highest BCUT2D eigenvalue weighted by atomic mass is 16.6. The molecule has 0 aromatic heterocycles. The van der Waals surface area contributed by atoms with Gasteiger partial charge in [0.1, 0.15) is 11.2 Å². The highest BCUT2D eigenvalue weighted by Gasteiger charge is 2.22. The van der Waals surface area contributed by atoms with Gasteiger partial charge in [-0.05, 0) is 113 Å². The summed E-state index contributed by atoms with van der Waals surface area (Å²) in [6.45, 7) is 16.1. The van der Waals surface area contributed by atoms with Crippen LogP contribution in [0, 0.1) is 0 Å². The average molecular weight is 524 g/mol. The molecule has 0 spiro atoms. The Morgan fingerprint density at radius 2 is 1.27 bits per heavy atom. The fraction of sp³-hybridized carbons (Fsp3) is 0.867. The lowest BCUT2D eigenvalue weighted by Gasteiger charge is -2.29. The van der Waals surface area contributed by atoms with Crippen LogP contribution in [-0.2, 0) is 9.47 Å². The highest BCUT2D eigenvalue weighted by Crippen LogP contribution is 2.13. The number of carbonyl (C=O) groups excluding carboxylic acids is 2. The van der Waals surface area contributed by atoms with Crippen LogP contribution in [0.15, 0.2) is 12.2 Å². The van der Waals surface area contributed by atoms with Gasteiger partial charge in [0.25, 0.3) is 0 Å². The molecule has 0 fully saturated rings. The second-order valence-electron chi connectivity index (χ2n) is 12.3. The van der Waals surface area contributed by atoms with E-state index in [9.17, 15) is 9.59 Å². The van der Waals surface area contributed by atoms with Crippen molar-refractivity contribution in [2.24, 2.45) is 0 Å². The Labute approximate surface area is 227 Å². The molecule has 0 atom stereocenters.